The minimum absolute atomic E-state index is 0.0301. The van der Waals surface area contributed by atoms with E-state index in [-0.39, 0.29) is 11.9 Å². The lowest BCUT2D eigenvalue weighted by Crippen LogP contribution is -2.47. The van der Waals surface area contributed by atoms with E-state index < -0.39 is 0 Å². The van der Waals surface area contributed by atoms with Crippen molar-refractivity contribution >= 4 is 17.5 Å². The summed E-state index contributed by atoms with van der Waals surface area (Å²) in [5.41, 5.74) is 5.53. The Morgan fingerprint density at radius 2 is 2.22 bits per heavy atom. The van der Waals surface area contributed by atoms with Crippen LogP contribution >= 0.6 is 0 Å². The number of ether oxygens (including phenoxy) is 1. The van der Waals surface area contributed by atoms with Gasteiger partial charge in [0.25, 0.3) is 0 Å². The standard InChI is InChI=1S/C11H17N5O2/c1-8(11(17)16-2-4-18-5-3-16)14-10-7-13-6-9(12)15-10/h6-8H,2-5H2,1H3,(H3,12,14,15). The topological polar surface area (TPSA) is 93.4 Å². The average molecular weight is 251 g/mol. The van der Waals surface area contributed by atoms with Gasteiger partial charge in [0.15, 0.2) is 0 Å². The van der Waals surface area contributed by atoms with E-state index >= 15 is 0 Å². The highest BCUT2D eigenvalue weighted by atomic mass is 16.5. The van der Waals surface area contributed by atoms with Crippen LogP contribution in [0.4, 0.5) is 11.6 Å². The van der Waals surface area contributed by atoms with Gasteiger partial charge in [-0.3, -0.25) is 9.78 Å². The fourth-order valence-corrected chi connectivity index (χ4v) is 1.79. The van der Waals surface area contributed by atoms with Crippen LogP contribution in [0.2, 0.25) is 0 Å². The summed E-state index contributed by atoms with van der Waals surface area (Å²) in [6.45, 7) is 4.25. The van der Waals surface area contributed by atoms with E-state index in [9.17, 15) is 4.79 Å². The number of nitrogens with two attached hydrogens (primary N) is 1. The van der Waals surface area contributed by atoms with Crippen LogP contribution in [0.3, 0.4) is 0 Å². The lowest BCUT2D eigenvalue weighted by Gasteiger charge is -2.29. The predicted molar refractivity (Wildman–Crippen MR) is 66.9 cm³/mol. The molecule has 1 aromatic heterocycles. The van der Waals surface area contributed by atoms with Gasteiger partial charge < -0.3 is 20.7 Å². The zero-order chi connectivity index (χ0) is 13.0. The SMILES string of the molecule is CC(Nc1cncc(N)n1)C(=O)N1CCOCC1. The molecule has 0 spiro atoms. The number of nitrogen functional groups attached to an aromatic ring is 1. The Labute approximate surface area is 105 Å². The van der Waals surface area contributed by atoms with Crippen LogP contribution in [-0.4, -0.2) is 53.1 Å². The number of amides is 1. The number of aromatic nitrogens is 2. The highest BCUT2D eigenvalue weighted by Crippen LogP contribution is 2.07. The Morgan fingerprint density at radius 3 is 2.89 bits per heavy atom. The van der Waals surface area contributed by atoms with Crippen molar-refractivity contribution in [3.63, 3.8) is 0 Å². The number of hydrogen-bond acceptors (Lipinski definition) is 6. The fourth-order valence-electron chi connectivity index (χ4n) is 1.79. The number of hydrogen-bond donors (Lipinski definition) is 2. The summed E-state index contributed by atoms with van der Waals surface area (Å²) in [4.78, 5) is 21.9. The lowest BCUT2D eigenvalue weighted by atomic mass is 10.2. The second kappa shape index (κ2) is 5.63. The molecule has 18 heavy (non-hydrogen) atoms. The number of carbonyl (C=O) groups is 1. The first kappa shape index (κ1) is 12.6. The summed E-state index contributed by atoms with van der Waals surface area (Å²) in [7, 11) is 0. The minimum atomic E-state index is -0.362. The van der Waals surface area contributed by atoms with Crippen molar-refractivity contribution in [1.29, 1.82) is 0 Å². The number of anilines is 2. The van der Waals surface area contributed by atoms with Crippen molar-refractivity contribution < 1.29 is 9.53 Å². The molecular weight excluding hydrogens is 234 g/mol. The van der Waals surface area contributed by atoms with E-state index in [0.29, 0.717) is 37.9 Å². The number of rotatable bonds is 3. The molecule has 1 amide bonds. The van der Waals surface area contributed by atoms with E-state index in [4.69, 9.17) is 10.5 Å². The minimum Gasteiger partial charge on any atom is -0.382 e. The van der Waals surface area contributed by atoms with Crippen LogP contribution in [-0.2, 0) is 9.53 Å². The Bertz CT molecular complexity index is 420. The van der Waals surface area contributed by atoms with Crippen LogP contribution < -0.4 is 11.1 Å². The molecule has 1 fully saturated rings. The summed E-state index contributed by atoms with van der Waals surface area (Å²) in [6, 6.07) is -0.362. The number of nitrogens with zero attached hydrogens (tertiary/aromatic N) is 3. The van der Waals surface area contributed by atoms with Crippen molar-refractivity contribution in [2.45, 2.75) is 13.0 Å². The highest BCUT2D eigenvalue weighted by molar-refractivity contribution is 5.84. The lowest BCUT2D eigenvalue weighted by molar-refractivity contribution is -0.135. The van der Waals surface area contributed by atoms with Crippen molar-refractivity contribution in [3.8, 4) is 0 Å². The maximum Gasteiger partial charge on any atom is 0.244 e. The maximum absolute atomic E-state index is 12.1. The Morgan fingerprint density at radius 1 is 1.50 bits per heavy atom. The first-order valence-corrected chi connectivity index (χ1v) is 5.87. The van der Waals surface area contributed by atoms with E-state index in [1.165, 1.54) is 6.20 Å². The van der Waals surface area contributed by atoms with Gasteiger partial charge in [-0.1, -0.05) is 0 Å². The molecule has 7 heteroatoms. The molecule has 98 valence electrons. The first-order valence-electron chi connectivity index (χ1n) is 5.87. The van der Waals surface area contributed by atoms with Crippen molar-refractivity contribution in [2.75, 3.05) is 37.4 Å². The fraction of sp³-hybridized carbons (Fsp3) is 0.545. The molecule has 1 saturated heterocycles. The molecule has 1 aromatic rings. The van der Waals surface area contributed by atoms with Gasteiger partial charge in [0.2, 0.25) is 5.91 Å². The molecule has 0 radical (unpaired) electrons. The Kier molecular flexibility index (Phi) is 3.93. The largest absolute Gasteiger partial charge is 0.382 e. The van der Waals surface area contributed by atoms with Gasteiger partial charge in [-0.2, -0.15) is 0 Å². The molecule has 1 aliphatic heterocycles. The molecule has 1 atom stereocenters. The van der Waals surface area contributed by atoms with Gasteiger partial charge >= 0.3 is 0 Å². The third-order valence-corrected chi connectivity index (χ3v) is 2.71. The Hall–Kier alpha value is -1.89. The normalized spacial score (nSPS) is 17.3. The van der Waals surface area contributed by atoms with Crippen molar-refractivity contribution in [3.05, 3.63) is 12.4 Å². The third kappa shape index (κ3) is 3.07. The van der Waals surface area contributed by atoms with Gasteiger partial charge in [0.1, 0.15) is 17.7 Å². The highest BCUT2D eigenvalue weighted by Gasteiger charge is 2.22. The van der Waals surface area contributed by atoms with E-state index in [0.717, 1.165) is 0 Å². The molecule has 0 saturated carbocycles. The van der Waals surface area contributed by atoms with Crippen molar-refractivity contribution in [1.82, 2.24) is 14.9 Å². The second-order valence-electron chi connectivity index (χ2n) is 4.13. The first-order chi connectivity index (χ1) is 8.66. The summed E-state index contributed by atoms with van der Waals surface area (Å²) >= 11 is 0. The summed E-state index contributed by atoms with van der Waals surface area (Å²) in [5.74, 6) is 0.859. The van der Waals surface area contributed by atoms with Crippen LogP contribution in [0.5, 0.6) is 0 Å². The van der Waals surface area contributed by atoms with Gasteiger partial charge in [-0.25, -0.2) is 4.98 Å². The Balaban J connectivity index is 1.94. The second-order valence-corrected chi connectivity index (χ2v) is 4.13. The zero-order valence-electron chi connectivity index (χ0n) is 10.3. The van der Waals surface area contributed by atoms with Crippen LogP contribution in [0.1, 0.15) is 6.92 Å². The molecule has 1 aliphatic rings. The number of morpholine rings is 1. The molecule has 0 aliphatic carbocycles. The molecule has 0 aromatic carbocycles. The molecule has 2 rings (SSSR count). The van der Waals surface area contributed by atoms with Gasteiger partial charge in [-0.05, 0) is 6.92 Å². The average Bonchev–Trinajstić information content (AvgIpc) is 2.39. The molecule has 0 bridgehead atoms. The smallest absolute Gasteiger partial charge is 0.244 e. The molecule has 7 nitrogen and oxygen atoms in total. The van der Waals surface area contributed by atoms with E-state index in [2.05, 4.69) is 15.3 Å². The van der Waals surface area contributed by atoms with Gasteiger partial charge in [0.05, 0.1) is 25.6 Å². The number of carbonyl (C=O) groups excluding carboxylic acids is 1. The number of nitrogens with one attached hydrogen (secondary N) is 1. The monoisotopic (exact) mass is 251 g/mol. The maximum atomic E-state index is 12.1. The van der Waals surface area contributed by atoms with Crippen LogP contribution in [0, 0.1) is 0 Å². The molecule has 2 heterocycles. The molecule has 3 N–H and O–H groups in total. The van der Waals surface area contributed by atoms with Gasteiger partial charge in [0, 0.05) is 13.1 Å². The summed E-state index contributed by atoms with van der Waals surface area (Å²) in [5, 5.41) is 2.99. The molecule has 1 unspecified atom stereocenters. The van der Waals surface area contributed by atoms with Crippen molar-refractivity contribution in [2.24, 2.45) is 0 Å². The zero-order valence-corrected chi connectivity index (χ0v) is 10.3. The molecular formula is C11H17N5O2. The van der Waals surface area contributed by atoms with Crippen LogP contribution in [0.25, 0.3) is 0 Å². The van der Waals surface area contributed by atoms with Gasteiger partial charge in [-0.15, -0.1) is 0 Å². The van der Waals surface area contributed by atoms with E-state index in [1.807, 2.05) is 0 Å². The third-order valence-electron chi connectivity index (χ3n) is 2.71. The quantitative estimate of drug-likeness (QED) is 0.767. The predicted octanol–water partition coefficient (Wildman–Crippen LogP) is -0.282. The summed E-state index contributed by atoms with van der Waals surface area (Å²) in [6.07, 6.45) is 3.00. The van der Waals surface area contributed by atoms with E-state index in [1.54, 1.807) is 18.0 Å². The summed E-state index contributed by atoms with van der Waals surface area (Å²) < 4.78 is 5.21. The van der Waals surface area contributed by atoms with Crippen LogP contribution in [0.15, 0.2) is 12.4 Å².